The fourth-order valence-corrected chi connectivity index (χ4v) is 3.97. The van der Waals surface area contributed by atoms with E-state index in [4.69, 9.17) is 5.73 Å². The first kappa shape index (κ1) is 16.5. The maximum Gasteiger partial charge on any atom is 0.248 e. The predicted octanol–water partition coefficient (Wildman–Crippen LogP) is 2.63. The quantitative estimate of drug-likeness (QED) is 0.929. The normalized spacial score (nSPS) is 24.3. The zero-order valence-corrected chi connectivity index (χ0v) is 14.0. The fraction of sp³-hybridized carbons (Fsp3) is 0.632. The number of likely N-dealkylation sites (tertiary alicyclic amines) is 2. The standard InChI is InChI=1S/C19H29N3O/c20-19(23)17-9-7-16(8-10-17)14-21-11-5-6-18(15-21)22-12-3-1-2-4-13-22/h7-10,18H,1-6,11-15H2,(H2,20,23)/t18-/m0/s1. The van der Waals surface area contributed by atoms with E-state index >= 15 is 0 Å². The number of piperidine rings is 1. The van der Waals surface area contributed by atoms with Gasteiger partial charge in [0.1, 0.15) is 0 Å². The van der Waals surface area contributed by atoms with Crippen LogP contribution in [0, 0.1) is 0 Å². The molecule has 2 N–H and O–H groups in total. The molecule has 0 aromatic heterocycles. The lowest BCUT2D eigenvalue weighted by Gasteiger charge is -2.39. The van der Waals surface area contributed by atoms with Crippen molar-refractivity contribution in [1.29, 1.82) is 0 Å². The number of primary amides is 1. The van der Waals surface area contributed by atoms with Gasteiger partial charge in [0.15, 0.2) is 0 Å². The smallest absolute Gasteiger partial charge is 0.248 e. The van der Waals surface area contributed by atoms with Crippen molar-refractivity contribution in [3.05, 3.63) is 35.4 Å². The summed E-state index contributed by atoms with van der Waals surface area (Å²) in [7, 11) is 0. The Labute approximate surface area is 139 Å². The van der Waals surface area contributed by atoms with E-state index in [0.717, 1.165) is 12.6 Å². The molecule has 126 valence electrons. The summed E-state index contributed by atoms with van der Waals surface area (Å²) in [5.41, 5.74) is 7.17. The van der Waals surface area contributed by atoms with Crippen LogP contribution < -0.4 is 5.73 Å². The van der Waals surface area contributed by atoms with Gasteiger partial charge in [-0.15, -0.1) is 0 Å². The summed E-state index contributed by atoms with van der Waals surface area (Å²) >= 11 is 0. The second kappa shape index (κ2) is 7.93. The van der Waals surface area contributed by atoms with Gasteiger partial charge in [0, 0.05) is 24.7 Å². The average molecular weight is 315 g/mol. The lowest BCUT2D eigenvalue weighted by molar-refractivity contribution is 0.0956. The van der Waals surface area contributed by atoms with Crippen LogP contribution in [-0.4, -0.2) is 47.9 Å². The van der Waals surface area contributed by atoms with Gasteiger partial charge < -0.3 is 5.73 Å². The van der Waals surface area contributed by atoms with Gasteiger partial charge in [0.05, 0.1) is 0 Å². The highest BCUT2D eigenvalue weighted by atomic mass is 16.1. The highest BCUT2D eigenvalue weighted by molar-refractivity contribution is 5.92. The molecule has 2 aliphatic heterocycles. The third-order valence-corrected chi connectivity index (χ3v) is 5.28. The summed E-state index contributed by atoms with van der Waals surface area (Å²) in [4.78, 5) is 16.5. The number of carbonyl (C=O) groups is 1. The molecule has 2 saturated heterocycles. The van der Waals surface area contributed by atoms with Gasteiger partial charge in [0.2, 0.25) is 5.91 Å². The van der Waals surface area contributed by atoms with Crippen LogP contribution in [0.2, 0.25) is 0 Å². The molecular weight excluding hydrogens is 286 g/mol. The number of carbonyl (C=O) groups excluding carboxylic acids is 1. The number of hydrogen-bond donors (Lipinski definition) is 1. The summed E-state index contributed by atoms with van der Waals surface area (Å²) in [6, 6.07) is 8.49. The molecule has 1 atom stereocenters. The van der Waals surface area contributed by atoms with Crippen molar-refractivity contribution in [2.75, 3.05) is 26.2 Å². The lowest BCUT2D eigenvalue weighted by atomic mass is 10.0. The second-order valence-electron chi connectivity index (χ2n) is 7.04. The van der Waals surface area contributed by atoms with Gasteiger partial charge in [-0.2, -0.15) is 0 Å². The van der Waals surface area contributed by atoms with Gasteiger partial charge in [-0.3, -0.25) is 14.6 Å². The van der Waals surface area contributed by atoms with Gasteiger partial charge in [0.25, 0.3) is 0 Å². The summed E-state index contributed by atoms with van der Waals surface area (Å²) < 4.78 is 0. The Morgan fingerprint density at radius 3 is 2.35 bits per heavy atom. The highest BCUT2D eigenvalue weighted by Gasteiger charge is 2.25. The zero-order valence-electron chi connectivity index (χ0n) is 14.0. The van der Waals surface area contributed by atoms with E-state index in [1.807, 2.05) is 24.3 Å². The van der Waals surface area contributed by atoms with E-state index < -0.39 is 0 Å². The maximum absolute atomic E-state index is 11.2. The number of amides is 1. The van der Waals surface area contributed by atoms with Crippen molar-refractivity contribution in [2.24, 2.45) is 5.73 Å². The van der Waals surface area contributed by atoms with E-state index in [1.165, 1.54) is 70.3 Å². The molecule has 1 amide bonds. The first-order valence-corrected chi connectivity index (χ1v) is 9.07. The van der Waals surface area contributed by atoms with Crippen molar-refractivity contribution in [3.63, 3.8) is 0 Å². The topological polar surface area (TPSA) is 49.6 Å². The second-order valence-corrected chi connectivity index (χ2v) is 7.04. The number of nitrogens with two attached hydrogens (primary N) is 1. The van der Waals surface area contributed by atoms with E-state index in [9.17, 15) is 4.79 Å². The molecule has 3 rings (SSSR count). The summed E-state index contributed by atoms with van der Waals surface area (Å²) in [6.45, 7) is 5.90. The van der Waals surface area contributed by atoms with Gasteiger partial charge in [-0.25, -0.2) is 0 Å². The number of hydrogen-bond acceptors (Lipinski definition) is 3. The molecule has 2 fully saturated rings. The molecule has 0 radical (unpaired) electrons. The van der Waals surface area contributed by atoms with Crippen LogP contribution >= 0.6 is 0 Å². The zero-order chi connectivity index (χ0) is 16.1. The molecule has 0 bridgehead atoms. The average Bonchev–Trinajstić information content (AvgIpc) is 2.85. The Bertz CT molecular complexity index is 506. The molecule has 0 aliphatic carbocycles. The van der Waals surface area contributed by atoms with E-state index in [2.05, 4.69) is 9.80 Å². The molecule has 1 aromatic carbocycles. The molecule has 0 unspecified atom stereocenters. The van der Waals surface area contributed by atoms with E-state index in [-0.39, 0.29) is 5.91 Å². The lowest BCUT2D eigenvalue weighted by Crippen LogP contribution is -2.47. The summed E-state index contributed by atoms with van der Waals surface area (Å²) in [5.74, 6) is -0.351. The molecule has 1 aromatic rings. The molecule has 4 nitrogen and oxygen atoms in total. The van der Waals surface area contributed by atoms with Crippen molar-refractivity contribution < 1.29 is 4.79 Å². The Kier molecular flexibility index (Phi) is 5.68. The van der Waals surface area contributed by atoms with Crippen molar-refractivity contribution in [3.8, 4) is 0 Å². The minimum atomic E-state index is -0.351. The van der Waals surface area contributed by atoms with E-state index in [0.29, 0.717) is 5.56 Å². The van der Waals surface area contributed by atoms with Gasteiger partial charge in [-0.05, 0) is 63.0 Å². The van der Waals surface area contributed by atoms with Crippen LogP contribution in [0.1, 0.15) is 54.4 Å². The maximum atomic E-state index is 11.2. The fourth-order valence-electron chi connectivity index (χ4n) is 3.97. The van der Waals surface area contributed by atoms with Crippen molar-refractivity contribution in [2.45, 2.75) is 51.1 Å². The Morgan fingerprint density at radius 2 is 1.70 bits per heavy atom. The molecule has 4 heteroatoms. The highest BCUT2D eigenvalue weighted by Crippen LogP contribution is 2.21. The molecular formula is C19H29N3O. The molecule has 0 spiro atoms. The van der Waals surface area contributed by atoms with Gasteiger partial charge in [-0.1, -0.05) is 25.0 Å². The number of nitrogens with zero attached hydrogens (tertiary/aromatic N) is 2. The monoisotopic (exact) mass is 315 g/mol. The Hall–Kier alpha value is -1.39. The van der Waals surface area contributed by atoms with Crippen LogP contribution in [0.25, 0.3) is 0 Å². The third-order valence-electron chi connectivity index (χ3n) is 5.28. The number of benzene rings is 1. The summed E-state index contributed by atoms with van der Waals surface area (Å²) in [6.07, 6.45) is 8.17. The largest absolute Gasteiger partial charge is 0.366 e. The third kappa shape index (κ3) is 4.55. The minimum Gasteiger partial charge on any atom is -0.366 e. The minimum absolute atomic E-state index is 0.351. The van der Waals surface area contributed by atoms with Crippen LogP contribution in [-0.2, 0) is 6.54 Å². The molecule has 2 heterocycles. The van der Waals surface area contributed by atoms with Crippen LogP contribution in [0.15, 0.2) is 24.3 Å². The predicted molar refractivity (Wildman–Crippen MR) is 93.3 cm³/mol. The summed E-state index contributed by atoms with van der Waals surface area (Å²) in [5, 5.41) is 0. The van der Waals surface area contributed by atoms with Gasteiger partial charge >= 0.3 is 0 Å². The Balaban J connectivity index is 1.56. The Morgan fingerprint density at radius 1 is 1.00 bits per heavy atom. The molecule has 0 saturated carbocycles. The molecule has 2 aliphatic rings. The van der Waals surface area contributed by atoms with Crippen molar-refractivity contribution in [1.82, 2.24) is 9.80 Å². The first-order chi connectivity index (χ1) is 11.2. The van der Waals surface area contributed by atoms with Crippen LogP contribution in [0.3, 0.4) is 0 Å². The van der Waals surface area contributed by atoms with Crippen LogP contribution in [0.5, 0.6) is 0 Å². The number of rotatable bonds is 4. The molecule has 23 heavy (non-hydrogen) atoms. The first-order valence-electron chi connectivity index (χ1n) is 9.07. The van der Waals surface area contributed by atoms with E-state index in [1.54, 1.807) is 0 Å². The van der Waals surface area contributed by atoms with Crippen LogP contribution in [0.4, 0.5) is 0 Å². The van der Waals surface area contributed by atoms with Crippen molar-refractivity contribution >= 4 is 5.91 Å². The SMILES string of the molecule is NC(=O)c1ccc(CN2CCC[C@H](N3CCCCCC3)C2)cc1.